The first-order valence-corrected chi connectivity index (χ1v) is 7.11. The van der Waals surface area contributed by atoms with Crippen molar-refractivity contribution >= 4 is 16.5 Å². The Morgan fingerprint density at radius 1 is 1.29 bits per heavy atom. The molecule has 1 heterocycles. The van der Waals surface area contributed by atoms with Crippen LogP contribution in [0.1, 0.15) is 51.6 Å². The summed E-state index contributed by atoms with van der Waals surface area (Å²) in [6.07, 6.45) is 1.12. The number of aliphatic hydroxyl groups excluding tert-OH is 1. The van der Waals surface area contributed by atoms with Crippen molar-refractivity contribution in [3.8, 4) is 0 Å². The molecule has 0 amide bonds. The highest BCUT2D eigenvalue weighted by molar-refractivity contribution is 7.15. The number of hydrogen-bond acceptors (Lipinski definition) is 4. The summed E-state index contributed by atoms with van der Waals surface area (Å²) in [4.78, 5) is 8.01. The molecule has 0 atom stereocenters. The lowest BCUT2D eigenvalue weighted by Gasteiger charge is -2.19. The van der Waals surface area contributed by atoms with Gasteiger partial charge in [-0.2, -0.15) is 0 Å². The summed E-state index contributed by atoms with van der Waals surface area (Å²) in [5.74, 6) is 0. The van der Waals surface area contributed by atoms with E-state index in [1.807, 2.05) is 0 Å². The third-order valence-electron chi connectivity index (χ3n) is 2.69. The molecule has 0 bridgehead atoms. The summed E-state index contributed by atoms with van der Waals surface area (Å²) >= 11 is 1.62. The molecule has 98 valence electrons. The molecule has 0 unspecified atom stereocenters. The largest absolute Gasteiger partial charge is 0.391 e. The molecular formula is C13H24N2OS. The molecule has 0 saturated carbocycles. The molecule has 0 aliphatic heterocycles. The molecule has 3 nitrogen and oxygen atoms in total. The molecule has 0 radical (unpaired) electrons. The van der Waals surface area contributed by atoms with Gasteiger partial charge in [-0.1, -0.05) is 39.0 Å². The number of aromatic nitrogens is 1. The summed E-state index contributed by atoms with van der Waals surface area (Å²) in [7, 11) is 0. The fourth-order valence-electron chi connectivity index (χ4n) is 1.83. The first-order valence-electron chi connectivity index (χ1n) is 6.30. The van der Waals surface area contributed by atoms with E-state index in [1.54, 1.807) is 11.3 Å². The highest BCUT2D eigenvalue weighted by atomic mass is 32.1. The number of nitrogens with zero attached hydrogens (tertiary/aromatic N) is 2. The van der Waals surface area contributed by atoms with Crippen LogP contribution in [-0.2, 0) is 12.0 Å². The zero-order valence-electron chi connectivity index (χ0n) is 11.6. The fourth-order valence-corrected chi connectivity index (χ4v) is 3.05. The van der Waals surface area contributed by atoms with Gasteiger partial charge < -0.3 is 10.0 Å². The van der Waals surface area contributed by atoms with Gasteiger partial charge in [-0.05, 0) is 13.3 Å². The maximum absolute atomic E-state index is 9.43. The Morgan fingerprint density at radius 3 is 2.29 bits per heavy atom. The number of thiazole rings is 1. The lowest BCUT2D eigenvalue weighted by Crippen LogP contribution is -2.23. The number of anilines is 1. The van der Waals surface area contributed by atoms with Gasteiger partial charge in [-0.15, -0.1) is 0 Å². The SMILES string of the molecule is CCCN(CC)c1nc(C(C)(C)C)c(CO)s1. The van der Waals surface area contributed by atoms with E-state index in [4.69, 9.17) is 4.98 Å². The molecule has 0 aliphatic carbocycles. The zero-order valence-corrected chi connectivity index (χ0v) is 12.4. The quantitative estimate of drug-likeness (QED) is 0.879. The van der Waals surface area contributed by atoms with Crippen LogP contribution in [0.4, 0.5) is 5.13 Å². The second kappa shape index (κ2) is 5.83. The smallest absolute Gasteiger partial charge is 0.185 e. The Morgan fingerprint density at radius 2 is 1.94 bits per heavy atom. The predicted molar refractivity (Wildman–Crippen MR) is 74.9 cm³/mol. The van der Waals surface area contributed by atoms with E-state index in [0.717, 1.165) is 35.2 Å². The van der Waals surface area contributed by atoms with E-state index in [1.165, 1.54) is 0 Å². The summed E-state index contributed by atoms with van der Waals surface area (Å²) in [6.45, 7) is 12.8. The standard InChI is InChI=1S/C13H24N2OS/c1-6-8-15(7-2)12-14-11(13(3,4)5)10(9-16)17-12/h16H,6-9H2,1-5H3. The predicted octanol–water partition coefficient (Wildman–Crippen LogP) is 3.17. The van der Waals surface area contributed by atoms with Gasteiger partial charge in [0.05, 0.1) is 17.2 Å². The Bertz CT molecular complexity index is 355. The zero-order chi connectivity index (χ0) is 13.1. The van der Waals surface area contributed by atoms with Gasteiger partial charge in [0.15, 0.2) is 5.13 Å². The number of rotatable bonds is 5. The fraction of sp³-hybridized carbons (Fsp3) is 0.769. The second-order valence-corrected chi connectivity index (χ2v) is 6.32. The molecule has 4 heteroatoms. The Labute approximate surface area is 108 Å². The highest BCUT2D eigenvalue weighted by Crippen LogP contribution is 2.33. The summed E-state index contributed by atoms with van der Waals surface area (Å²) in [5.41, 5.74) is 1.04. The molecule has 0 aliphatic rings. The Balaban J connectivity index is 3.07. The molecule has 0 spiro atoms. The van der Waals surface area contributed by atoms with E-state index >= 15 is 0 Å². The normalized spacial score (nSPS) is 11.9. The van der Waals surface area contributed by atoms with Gasteiger partial charge >= 0.3 is 0 Å². The van der Waals surface area contributed by atoms with Crippen molar-refractivity contribution < 1.29 is 5.11 Å². The third-order valence-corrected chi connectivity index (χ3v) is 3.79. The van der Waals surface area contributed by atoms with Crippen molar-refractivity contribution in [3.05, 3.63) is 10.6 Å². The van der Waals surface area contributed by atoms with Crippen molar-refractivity contribution in [3.63, 3.8) is 0 Å². The molecule has 1 aromatic rings. The molecule has 1 aromatic heterocycles. The molecular weight excluding hydrogens is 232 g/mol. The Hall–Kier alpha value is -0.610. The average molecular weight is 256 g/mol. The van der Waals surface area contributed by atoms with E-state index in [-0.39, 0.29) is 12.0 Å². The van der Waals surface area contributed by atoms with Crippen LogP contribution in [0.15, 0.2) is 0 Å². The van der Waals surface area contributed by atoms with Crippen molar-refractivity contribution in [1.82, 2.24) is 4.98 Å². The van der Waals surface area contributed by atoms with Crippen LogP contribution in [0.5, 0.6) is 0 Å². The van der Waals surface area contributed by atoms with Crippen LogP contribution in [0.2, 0.25) is 0 Å². The number of hydrogen-bond donors (Lipinski definition) is 1. The second-order valence-electron chi connectivity index (χ2n) is 5.26. The van der Waals surface area contributed by atoms with Crippen molar-refractivity contribution in [2.45, 2.75) is 53.1 Å². The van der Waals surface area contributed by atoms with Crippen LogP contribution in [-0.4, -0.2) is 23.2 Å². The molecule has 1 N–H and O–H groups in total. The van der Waals surface area contributed by atoms with Crippen LogP contribution < -0.4 is 4.90 Å². The summed E-state index contributed by atoms with van der Waals surface area (Å²) in [5, 5.41) is 10.5. The maximum Gasteiger partial charge on any atom is 0.185 e. The minimum absolute atomic E-state index is 0.00155. The van der Waals surface area contributed by atoms with Crippen molar-refractivity contribution in [1.29, 1.82) is 0 Å². The van der Waals surface area contributed by atoms with E-state index in [0.29, 0.717) is 0 Å². The minimum Gasteiger partial charge on any atom is -0.391 e. The van der Waals surface area contributed by atoms with Gasteiger partial charge in [0.1, 0.15) is 0 Å². The first kappa shape index (κ1) is 14.5. The van der Waals surface area contributed by atoms with E-state index in [2.05, 4.69) is 39.5 Å². The van der Waals surface area contributed by atoms with Gasteiger partial charge in [0, 0.05) is 18.5 Å². The lowest BCUT2D eigenvalue weighted by molar-refractivity contribution is 0.282. The monoisotopic (exact) mass is 256 g/mol. The molecule has 17 heavy (non-hydrogen) atoms. The van der Waals surface area contributed by atoms with Gasteiger partial charge in [-0.3, -0.25) is 0 Å². The molecule has 1 rings (SSSR count). The van der Waals surface area contributed by atoms with Gasteiger partial charge in [-0.25, -0.2) is 4.98 Å². The first-order chi connectivity index (χ1) is 7.93. The van der Waals surface area contributed by atoms with Crippen LogP contribution in [0.3, 0.4) is 0 Å². The Kier molecular flexibility index (Phi) is 4.95. The van der Waals surface area contributed by atoms with Crippen molar-refractivity contribution in [2.75, 3.05) is 18.0 Å². The van der Waals surface area contributed by atoms with E-state index in [9.17, 15) is 5.11 Å². The topological polar surface area (TPSA) is 36.4 Å². The molecule has 0 fully saturated rings. The average Bonchev–Trinajstić information content (AvgIpc) is 2.69. The minimum atomic E-state index is -0.00155. The van der Waals surface area contributed by atoms with Crippen LogP contribution >= 0.6 is 11.3 Å². The van der Waals surface area contributed by atoms with Gasteiger partial charge in [0.2, 0.25) is 0 Å². The highest BCUT2D eigenvalue weighted by Gasteiger charge is 2.24. The summed E-state index contributed by atoms with van der Waals surface area (Å²) < 4.78 is 0. The van der Waals surface area contributed by atoms with Gasteiger partial charge in [0.25, 0.3) is 0 Å². The lowest BCUT2D eigenvalue weighted by atomic mass is 9.91. The third kappa shape index (κ3) is 3.42. The van der Waals surface area contributed by atoms with Crippen LogP contribution in [0.25, 0.3) is 0 Å². The maximum atomic E-state index is 9.43. The van der Waals surface area contributed by atoms with Crippen LogP contribution in [0, 0.1) is 0 Å². The summed E-state index contributed by atoms with van der Waals surface area (Å²) in [6, 6.07) is 0. The van der Waals surface area contributed by atoms with Crippen molar-refractivity contribution in [2.24, 2.45) is 0 Å². The number of aliphatic hydroxyl groups is 1. The van der Waals surface area contributed by atoms with E-state index < -0.39 is 0 Å². The molecule has 0 saturated heterocycles. The molecule has 0 aromatic carbocycles.